The monoisotopic (exact) mass is 357 g/mol. The zero-order chi connectivity index (χ0) is 16.9. The molecular formula is C15H14Cl2FN3O2. The maximum absolute atomic E-state index is 13.6. The van der Waals surface area contributed by atoms with Crippen molar-refractivity contribution < 1.29 is 14.0 Å². The molecule has 1 atom stereocenters. The lowest BCUT2D eigenvalue weighted by Crippen LogP contribution is -2.55. The Hall–Kier alpha value is -1.79. The largest absolute Gasteiger partial charge is 0.349 e. The number of carbonyl (C=O) groups excluding carboxylic acids is 2. The van der Waals surface area contributed by atoms with Crippen molar-refractivity contribution >= 4 is 45.9 Å². The van der Waals surface area contributed by atoms with Crippen LogP contribution in [0, 0.1) is 5.82 Å². The number of hydrogen-bond donors (Lipinski definition) is 1. The second-order valence-corrected chi connectivity index (χ2v) is 6.41. The van der Waals surface area contributed by atoms with Gasteiger partial charge in [0.1, 0.15) is 18.1 Å². The quantitative estimate of drug-likeness (QED) is 0.852. The number of fused-ring (bicyclic) bond motifs is 1. The second-order valence-electron chi connectivity index (χ2n) is 5.65. The molecule has 0 radical (unpaired) electrons. The van der Waals surface area contributed by atoms with E-state index in [0.717, 1.165) is 0 Å². The average Bonchev–Trinajstić information content (AvgIpc) is 2.84. The minimum absolute atomic E-state index is 0.0235. The molecule has 1 N–H and O–H groups in total. The van der Waals surface area contributed by atoms with Gasteiger partial charge in [0, 0.05) is 30.5 Å². The molecule has 1 fully saturated rings. The lowest BCUT2D eigenvalue weighted by atomic mass is 10.1. The van der Waals surface area contributed by atoms with Gasteiger partial charge in [-0.1, -0.05) is 23.2 Å². The highest BCUT2D eigenvalue weighted by Gasteiger charge is 2.33. The van der Waals surface area contributed by atoms with Crippen molar-refractivity contribution in [1.82, 2.24) is 14.8 Å². The molecule has 0 aliphatic carbocycles. The summed E-state index contributed by atoms with van der Waals surface area (Å²) in [6.45, 7) is 2.27. The first-order valence-corrected chi connectivity index (χ1v) is 7.77. The maximum atomic E-state index is 13.6. The summed E-state index contributed by atoms with van der Waals surface area (Å²) >= 11 is 12.2. The third kappa shape index (κ3) is 2.56. The highest BCUT2D eigenvalue weighted by atomic mass is 35.5. The Bertz CT molecular complexity index is 821. The van der Waals surface area contributed by atoms with E-state index in [1.165, 1.54) is 17.0 Å². The molecule has 8 heteroatoms. The van der Waals surface area contributed by atoms with Gasteiger partial charge in [0.25, 0.3) is 5.91 Å². The lowest BCUT2D eigenvalue weighted by molar-refractivity contribution is -0.135. The number of rotatable bonds is 1. The van der Waals surface area contributed by atoms with Gasteiger partial charge in [0.2, 0.25) is 5.91 Å². The molecular weight excluding hydrogens is 344 g/mol. The topological polar surface area (TPSA) is 56.4 Å². The molecule has 23 heavy (non-hydrogen) atoms. The standard InChI is InChI=1S/C15H14Cl2FN3O2/c1-7-5-20(2)10(22)6-21(7)15(23)14-13(17)11-9(19-14)4-3-8(18)12(11)16/h3-4,7,19H,5-6H2,1-2H3/t7-/m0/s1. The summed E-state index contributed by atoms with van der Waals surface area (Å²) in [5.74, 6) is -1.16. The van der Waals surface area contributed by atoms with Gasteiger partial charge in [-0.2, -0.15) is 0 Å². The Labute approximate surface area is 141 Å². The van der Waals surface area contributed by atoms with Gasteiger partial charge in [-0.25, -0.2) is 4.39 Å². The van der Waals surface area contributed by atoms with E-state index >= 15 is 0 Å². The van der Waals surface area contributed by atoms with E-state index in [1.807, 2.05) is 6.92 Å². The molecule has 2 aromatic rings. The van der Waals surface area contributed by atoms with E-state index in [0.29, 0.717) is 12.1 Å². The van der Waals surface area contributed by atoms with Gasteiger partial charge < -0.3 is 14.8 Å². The van der Waals surface area contributed by atoms with Crippen LogP contribution in [0.3, 0.4) is 0 Å². The first-order chi connectivity index (χ1) is 10.8. The number of hydrogen-bond acceptors (Lipinski definition) is 2. The van der Waals surface area contributed by atoms with E-state index in [9.17, 15) is 14.0 Å². The predicted molar refractivity (Wildman–Crippen MR) is 86.4 cm³/mol. The third-order valence-electron chi connectivity index (χ3n) is 4.07. The molecule has 1 saturated heterocycles. The Kier molecular flexibility index (Phi) is 3.98. The van der Waals surface area contributed by atoms with Gasteiger partial charge in [0.15, 0.2) is 0 Å². The zero-order valence-electron chi connectivity index (χ0n) is 12.5. The highest BCUT2D eigenvalue weighted by molar-refractivity contribution is 6.44. The van der Waals surface area contributed by atoms with Crippen LogP contribution in [-0.2, 0) is 4.79 Å². The lowest BCUT2D eigenvalue weighted by Gasteiger charge is -2.37. The van der Waals surface area contributed by atoms with Crippen molar-refractivity contribution in [2.24, 2.45) is 0 Å². The van der Waals surface area contributed by atoms with Crippen molar-refractivity contribution in [2.75, 3.05) is 20.1 Å². The van der Waals surface area contributed by atoms with Crippen molar-refractivity contribution in [3.63, 3.8) is 0 Å². The molecule has 122 valence electrons. The fraction of sp³-hybridized carbons (Fsp3) is 0.333. The number of benzene rings is 1. The van der Waals surface area contributed by atoms with Crippen LogP contribution in [0.1, 0.15) is 17.4 Å². The number of nitrogens with zero attached hydrogens (tertiary/aromatic N) is 2. The van der Waals surface area contributed by atoms with Gasteiger partial charge in [-0.15, -0.1) is 0 Å². The normalized spacial score (nSPS) is 18.8. The first kappa shape index (κ1) is 16.1. The summed E-state index contributed by atoms with van der Waals surface area (Å²) < 4.78 is 13.6. The first-order valence-electron chi connectivity index (χ1n) is 7.01. The Morgan fingerprint density at radius 2 is 2.04 bits per heavy atom. The number of likely N-dealkylation sites (N-methyl/N-ethyl adjacent to an activating group) is 1. The molecule has 1 aromatic carbocycles. The third-order valence-corrected chi connectivity index (χ3v) is 4.82. The van der Waals surface area contributed by atoms with E-state index < -0.39 is 11.7 Å². The summed E-state index contributed by atoms with van der Waals surface area (Å²) in [4.78, 5) is 30.5. The molecule has 0 bridgehead atoms. The molecule has 2 heterocycles. The molecule has 5 nitrogen and oxygen atoms in total. The van der Waals surface area contributed by atoms with Gasteiger partial charge in [0.05, 0.1) is 10.0 Å². The van der Waals surface area contributed by atoms with Crippen LogP contribution >= 0.6 is 23.2 Å². The number of amides is 2. The van der Waals surface area contributed by atoms with E-state index in [2.05, 4.69) is 4.98 Å². The smallest absolute Gasteiger partial charge is 0.272 e. The summed E-state index contributed by atoms with van der Waals surface area (Å²) in [6.07, 6.45) is 0. The van der Waals surface area contributed by atoms with Crippen molar-refractivity contribution in [3.8, 4) is 0 Å². The average molecular weight is 358 g/mol. The number of aromatic amines is 1. The van der Waals surface area contributed by atoms with Gasteiger partial charge in [-0.3, -0.25) is 9.59 Å². The molecule has 0 saturated carbocycles. The van der Waals surface area contributed by atoms with Crippen LogP contribution in [-0.4, -0.2) is 52.8 Å². The fourth-order valence-corrected chi connectivity index (χ4v) is 3.40. The molecule has 1 aliphatic heterocycles. The van der Waals surface area contributed by atoms with Gasteiger partial charge >= 0.3 is 0 Å². The number of aromatic nitrogens is 1. The molecule has 3 rings (SSSR count). The number of carbonyl (C=O) groups is 2. The van der Waals surface area contributed by atoms with E-state index in [1.54, 1.807) is 11.9 Å². The second kappa shape index (κ2) is 5.69. The van der Waals surface area contributed by atoms with E-state index in [4.69, 9.17) is 23.2 Å². The van der Waals surface area contributed by atoms with Crippen LogP contribution in [0.2, 0.25) is 10.0 Å². The maximum Gasteiger partial charge on any atom is 0.272 e. The Morgan fingerprint density at radius 3 is 2.74 bits per heavy atom. The summed E-state index contributed by atoms with van der Waals surface area (Å²) in [5, 5.41) is 0.197. The predicted octanol–water partition coefficient (Wildman–Crippen LogP) is 2.92. The van der Waals surface area contributed by atoms with Crippen LogP contribution < -0.4 is 0 Å². The zero-order valence-corrected chi connectivity index (χ0v) is 14.0. The Morgan fingerprint density at radius 1 is 1.35 bits per heavy atom. The number of piperazine rings is 1. The Balaban J connectivity index is 2.03. The molecule has 2 amide bonds. The SMILES string of the molecule is C[C@H]1CN(C)C(=O)CN1C(=O)c1[nH]c2ccc(F)c(Cl)c2c1Cl. The van der Waals surface area contributed by atoms with Crippen LogP contribution in [0.25, 0.3) is 10.9 Å². The molecule has 0 unspecified atom stereocenters. The van der Waals surface area contributed by atoms with Crippen molar-refractivity contribution in [1.29, 1.82) is 0 Å². The minimum atomic E-state index is -0.609. The minimum Gasteiger partial charge on any atom is -0.349 e. The van der Waals surface area contributed by atoms with Crippen LogP contribution in [0.4, 0.5) is 4.39 Å². The fourth-order valence-electron chi connectivity index (χ4n) is 2.77. The molecule has 1 aliphatic rings. The van der Waals surface area contributed by atoms with E-state index in [-0.39, 0.29) is 39.6 Å². The van der Waals surface area contributed by atoms with Crippen LogP contribution in [0.5, 0.6) is 0 Å². The number of halogens is 3. The summed E-state index contributed by atoms with van der Waals surface area (Å²) in [6, 6.07) is 2.52. The molecule has 0 spiro atoms. The van der Waals surface area contributed by atoms with Gasteiger partial charge in [-0.05, 0) is 19.1 Å². The molecule has 1 aromatic heterocycles. The number of nitrogens with one attached hydrogen (secondary N) is 1. The highest BCUT2D eigenvalue weighted by Crippen LogP contribution is 2.35. The van der Waals surface area contributed by atoms with Crippen LogP contribution in [0.15, 0.2) is 12.1 Å². The summed E-state index contributed by atoms with van der Waals surface area (Å²) in [7, 11) is 1.69. The number of H-pyrrole nitrogens is 1. The van der Waals surface area contributed by atoms with Crippen molar-refractivity contribution in [3.05, 3.63) is 33.7 Å². The summed E-state index contributed by atoms with van der Waals surface area (Å²) in [5.41, 5.74) is 0.580. The van der Waals surface area contributed by atoms with Crippen molar-refractivity contribution in [2.45, 2.75) is 13.0 Å².